The lowest BCUT2D eigenvalue weighted by molar-refractivity contribution is 0.0326. The number of hydrogen-bond acceptors (Lipinski definition) is 2. The zero-order valence-corrected chi connectivity index (χ0v) is 12.7. The molecule has 0 aromatic heterocycles. The Morgan fingerprint density at radius 1 is 1.05 bits per heavy atom. The Morgan fingerprint density at radius 2 is 1.63 bits per heavy atom. The number of hydrogen-bond donors (Lipinski definition) is 2. The molecule has 19 heavy (non-hydrogen) atoms. The average molecular weight is 264 g/mol. The van der Waals surface area contributed by atoms with Gasteiger partial charge >= 0.3 is 0 Å². The molecule has 2 N–H and O–H groups in total. The van der Waals surface area contributed by atoms with Crippen molar-refractivity contribution in [2.24, 2.45) is 0 Å². The number of rotatable bonds is 7. The topological polar surface area (TPSA) is 40.5 Å². The molecule has 0 amide bonds. The normalized spacial score (nSPS) is 16.9. The first-order valence-electron chi connectivity index (χ1n) is 7.23. The maximum atomic E-state index is 10.2. The quantitative estimate of drug-likeness (QED) is 0.785. The Bertz CT molecular complexity index is 363. The van der Waals surface area contributed by atoms with Crippen LogP contribution in [0.4, 0.5) is 0 Å². The van der Waals surface area contributed by atoms with E-state index in [2.05, 4.69) is 12.1 Å². The van der Waals surface area contributed by atoms with Gasteiger partial charge in [-0.25, -0.2) is 0 Å². The first-order chi connectivity index (χ1) is 8.73. The molecule has 1 aromatic rings. The second-order valence-corrected chi connectivity index (χ2v) is 6.51. The van der Waals surface area contributed by atoms with Gasteiger partial charge in [-0.2, -0.15) is 0 Å². The molecule has 0 spiro atoms. The molecule has 108 valence electrons. The third-order valence-electron chi connectivity index (χ3n) is 3.81. The Labute approximate surface area is 117 Å². The summed E-state index contributed by atoms with van der Waals surface area (Å²) < 4.78 is 0. The molecule has 0 saturated carbocycles. The molecule has 0 aliphatic carbocycles. The van der Waals surface area contributed by atoms with Crippen LogP contribution >= 0.6 is 0 Å². The van der Waals surface area contributed by atoms with E-state index in [4.69, 9.17) is 0 Å². The lowest BCUT2D eigenvalue weighted by Gasteiger charge is -2.29. The average Bonchev–Trinajstić information content (AvgIpc) is 2.34. The van der Waals surface area contributed by atoms with E-state index in [-0.39, 0.29) is 0 Å². The van der Waals surface area contributed by atoms with Gasteiger partial charge in [0.1, 0.15) is 0 Å². The maximum Gasteiger partial charge on any atom is 0.0617 e. The highest BCUT2D eigenvalue weighted by Gasteiger charge is 2.25. The van der Waals surface area contributed by atoms with Crippen molar-refractivity contribution in [3.63, 3.8) is 0 Å². The van der Waals surface area contributed by atoms with Gasteiger partial charge in [0.25, 0.3) is 0 Å². The molecule has 0 fully saturated rings. The minimum atomic E-state index is -0.682. The molecule has 2 atom stereocenters. The fourth-order valence-electron chi connectivity index (χ4n) is 2.38. The largest absolute Gasteiger partial charge is 0.390 e. The molecular formula is C17H28O2. The van der Waals surface area contributed by atoms with Crippen LogP contribution in [0.5, 0.6) is 0 Å². The van der Waals surface area contributed by atoms with Gasteiger partial charge in [-0.15, -0.1) is 0 Å². The number of aliphatic hydroxyl groups is 2. The van der Waals surface area contributed by atoms with E-state index < -0.39 is 11.2 Å². The van der Waals surface area contributed by atoms with Crippen LogP contribution in [0.25, 0.3) is 0 Å². The molecule has 0 heterocycles. The van der Waals surface area contributed by atoms with Crippen molar-refractivity contribution in [3.8, 4) is 0 Å². The molecule has 0 radical (unpaired) electrons. The monoisotopic (exact) mass is 264 g/mol. The second-order valence-electron chi connectivity index (χ2n) is 6.51. The Kier molecular flexibility index (Phi) is 5.57. The third kappa shape index (κ3) is 6.22. The van der Waals surface area contributed by atoms with Gasteiger partial charge in [-0.3, -0.25) is 0 Å². The van der Waals surface area contributed by atoms with Crippen LogP contribution in [0.2, 0.25) is 0 Å². The Balaban J connectivity index is 2.77. The fourth-order valence-corrected chi connectivity index (χ4v) is 2.38. The van der Waals surface area contributed by atoms with Gasteiger partial charge in [0, 0.05) is 0 Å². The predicted octanol–water partition coefficient (Wildman–Crippen LogP) is 3.87. The van der Waals surface area contributed by atoms with Crippen LogP contribution in [0, 0.1) is 0 Å². The third-order valence-corrected chi connectivity index (χ3v) is 3.81. The maximum absolute atomic E-state index is 10.2. The van der Waals surface area contributed by atoms with E-state index in [9.17, 15) is 10.2 Å². The van der Waals surface area contributed by atoms with Crippen molar-refractivity contribution in [2.75, 3.05) is 0 Å². The number of benzene rings is 1. The molecule has 0 aliphatic rings. The van der Waals surface area contributed by atoms with Crippen LogP contribution in [0.3, 0.4) is 0 Å². The zero-order valence-electron chi connectivity index (χ0n) is 12.7. The summed E-state index contributed by atoms with van der Waals surface area (Å²) in [7, 11) is 0. The van der Waals surface area contributed by atoms with Crippen LogP contribution in [-0.2, 0) is 0 Å². The van der Waals surface area contributed by atoms with Gasteiger partial charge < -0.3 is 10.2 Å². The van der Waals surface area contributed by atoms with E-state index in [1.165, 1.54) is 5.56 Å². The van der Waals surface area contributed by atoms with Gasteiger partial charge in [0.15, 0.2) is 0 Å². The van der Waals surface area contributed by atoms with Crippen molar-refractivity contribution < 1.29 is 10.2 Å². The SMILES string of the molecule is CCC(C)(O)CCC(CC(C)(C)O)c1ccccc1. The molecular weight excluding hydrogens is 236 g/mol. The summed E-state index contributed by atoms with van der Waals surface area (Å²) in [4.78, 5) is 0. The smallest absolute Gasteiger partial charge is 0.0617 e. The first-order valence-corrected chi connectivity index (χ1v) is 7.23. The summed E-state index contributed by atoms with van der Waals surface area (Å²) in [6.07, 6.45) is 3.14. The predicted molar refractivity (Wildman–Crippen MR) is 80.2 cm³/mol. The second kappa shape index (κ2) is 6.53. The van der Waals surface area contributed by atoms with E-state index >= 15 is 0 Å². The summed E-state index contributed by atoms with van der Waals surface area (Å²) in [5.74, 6) is 0.291. The summed E-state index contributed by atoms with van der Waals surface area (Å²) in [6.45, 7) is 7.59. The Hall–Kier alpha value is -0.860. The molecule has 2 nitrogen and oxygen atoms in total. The minimum absolute atomic E-state index is 0.291. The lowest BCUT2D eigenvalue weighted by Crippen LogP contribution is -2.26. The zero-order chi connectivity index (χ0) is 14.5. The van der Waals surface area contributed by atoms with Crippen LogP contribution in [0.1, 0.15) is 64.9 Å². The molecule has 2 unspecified atom stereocenters. The van der Waals surface area contributed by atoms with E-state index in [1.807, 2.05) is 45.9 Å². The van der Waals surface area contributed by atoms with Crippen molar-refractivity contribution in [1.29, 1.82) is 0 Å². The summed E-state index contributed by atoms with van der Waals surface area (Å²) in [5, 5.41) is 20.2. The van der Waals surface area contributed by atoms with E-state index in [1.54, 1.807) is 0 Å². The standard InChI is InChI=1S/C17H28O2/c1-5-17(4,19)12-11-15(13-16(2,3)18)14-9-7-6-8-10-14/h6-10,15,18-19H,5,11-13H2,1-4H3. The minimum Gasteiger partial charge on any atom is -0.390 e. The van der Waals surface area contributed by atoms with Gasteiger partial charge in [-0.05, 0) is 57.9 Å². The first kappa shape index (κ1) is 16.2. The summed E-state index contributed by atoms with van der Waals surface area (Å²) in [5.41, 5.74) is -0.0397. The molecule has 1 rings (SSSR count). The summed E-state index contributed by atoms with van der Waals surface area (Å²) >= 11 is 0. The van der Waals surface area contributed by atoms with E-state index in [0.29, 0.717) is 5.92 Å². The van der Waals surface area contributed by atoms with Gasteiger partial charge in [0.05, 0.1) is 11.2 Å². The molecule has 0 saturated heterocycles. The van der Waals surface area contributed by atoms with Crippen molar-refractivity contribution in [2.45, 2.75) is 70.5 Å². The highest BCUT2D eigenvalue weighted by atomic mass is 16.3. The van der Waals surface area contributed by atoms with Crippen LogP contribution in [0.15, 0.2) is 30.3 Å². The molecule has 0 bridgehead atoms. The van der Waals surface area contributed by atoms with Gasteiger partial charge in [0.2, 0.25) is 0 Å². The lowest BCUT2D eigenvalue weighted by atomic mass is 9.82. The van der Waals surface area contributed by atoms with Crippen LogP contribution in [-0.4, -0.2) is 21.4 Å². The van der Waals surface area contributed by atoms with Crippen molar-refractivity contribution in [1.82, 2.24) is 0 Å². The summed E-state index contributed by atoms with van der Waals surface area (Å²) in [6, 6.07) is 10.3. The van der Waals surface area contributed by atoms with E-state index in [0.717, 1.165) is 25.7 Å². The van der Waals surface area contributed by atoms with Crippen LogP contribution < -0.4 is 0 Å². The Morgan fingerprint density at radius 3 is 2.11 bits per heavy atom. The molecule has 2 heteroatoms. The van der Waals surface area contributed by atoms with Crippen molar-refractivity contribution >= 4 is 0 Å². The fraction of sp³-hybridized carbons (Fsp3) is 0.647. The molecule has 0 aliphatic heterocycles. The highest BCUT2D eigenvalue weighted by molar-refractivity contribution is 5.20. The van der Waals surface area contributed by atoms with Crippen molar-refractivity contribution in [3.05, 3.63) is 35.9 Å². The molecule has 1 aromatic carbocycles. The van der Waals surface area contributed by atoms with Gasteiger partial charge in [-0.1, -0.05) is 37.3 Å². The highest BCUT2D eigenvalue weighted by Crippen LogP contribution is 2.32.